The first-order valence-electron chi connectivity index (χ1n) is 1.67. The molecule has 0 aromatic heterocycles. The van der Waals surface area contributed by atoms with Crippen LogP contribution in [0.1, 0.15) is 0 Å². The highest BCUT2D eigenvalue weighted by molar-refractivity contribution is 7.41. The summed E-state index contributed by atoms with van der Waals surface area (Å²) in [6, 6.07) is 0. The fourth-order valence-electron chi connectivity index (χ4n) is 0.127. The zero-order valence-electron chi connectivity index (χ0n) is 3.42. The van der Waals surface area contributed by atoms with Crippen molar-refractivity contribution in [2.45, 2.75) is 0 Å². The number of rotatable bonds is 2. The minimum absolute atomic E-state index is 0.422. The standard InChI is InChI=1S/C2H8N2OP/c3-1-2-6(4)5/h1-3H2,(H2,4,5)/q+1. The van der Waals surface area contributed by atoms with Crippen LogP contribution in [0, 0.1) is 0 Å². The zero-order valence-corrected chi connectivity index (χ0v) is 4.32. The second-order valence-electron chi connectivity index (χ2n) is 0.929. The molecule has 4 N–H and O–H groups in total. The molecular weight excluding hydrogens is 99.0 g/mol. The van der Waals surface area contributed by atoms with Crippen LogP contribution in [0.5, 0.6) is 0 Å². The third kappa shape index (κ3) is 4.02. The predicted octanol–water partition coefficient (Wildman–Crippen LogP) is -0.354. The molecule has 0 aliphatic heterocycles. The summed E-state index contributed by atoms with van der Waals surface area (Å²) in [7, 11) is -1.48. The molecule has 0 rings (SSSR count). The Bertz CT molecular complexity index is 55.5. The highest BCUT2D eigenvalue weighted by atomic mass is 31.1. The second kappa shape index (κ2) is 3.22. The Morgan fingerprint density at radius 3 is 2.17 bits per heavy atom. The molecule has 0 heterocycles. The molecule has 0 bridgehead atoms. The van der Waals surface area contributed by atoms with Crippen molar-refractivity contribution in [2.24, 2.45) is 11.2 Å². The lowest BCUT2D eigenvalue weighted by Crippen LogP contribution is -2.02. The molecule has 0 aliphatic rings. The first-order valence-corrected chi connectivity index (χ1v) is 3.18. The van der Waals surface area contributed by atoms with Gasteiger partial charge in [0.05, 0.1) is 0 Å². The van der Waals surface area contributed by atoms with Crippen LogP contribution in [0.15, 0.2) is 0 Å². The normalized spacial score (nSPS) is 11.3. The van der Waals surface area contributed by atoms with Gasteiger partial charge in [0.15, 0.2) is 6.16 Å². The van der Waals surface area contributed by atoms with Crippen LogP contribution in [-0.4, -0.2) is 12.7 Å². The third-order valence-electron chi connectivity index (χ3n) is 0.349. The Labute approximate surface area is 37.5 Å². The van der Waals surface area contributed by atoms with Gasteiger partial charge in [0, 0.05) is 6.54 Å². The van der Waals surface area contributed by atoms with Crippen molar-refractivity contribution in [3.63, 3.8) is 0 Å². The van der Waals surface area contributed by atoms with Gasteiger partial charge in [-0.25, -0.2) is 0 Å². The summed E-state index contributed by atoms with van der Waals surface area (Å²) >= 11 is 0. The zero-order chi connectivity index (χ0) is 4.99. The highest BCUT2D eigenvalue weighted by Crippen LogP contribution is 2.02. The molecule has 36 valence electrons. The average molecular weight is 107 g/mol. The fourth-order valence-corrected chi connectivity index (χ4v) is 0.382. The van der Waals surface area contributed by atoms with Crippen molar-refractivity contribution in [1.82, 2.24) is 0 Å². The van der Waals surface area contributed by atoms with E-state index in [0.29, 0.717) is 12.7 Å². The molecular formula is C2H8N2OP+. The largest absolute Gasteiger partial charge is 0.430 e. The molecule has 0 radical (unpaired) electrons. The van der Waals surface area contributed by atoms with Crippen molar-refractivity contribution in [1.29, 1.82) is 0 Å². The van der Waals surface area contributed by atoms with Crippen LogP contribution >= 0.6 is 7.95 Å². The molecule has 0 aliphatic carbocycles. The van der Waals surface area contributed by atoms with E-state index in [9.17, 15) is 4.57 Å². The Hall–Kier alpha value is 0.0200. The summed E-state index contributed by atoms with van der Waals surface area (Å²) in [5.74, 6) is 0. The smallest absolute Gasteiger partial charge is 0.327 e. The van der Waals surface area contributed by atoms with Crippen LogP contribution in [0.2, 0.25) is 0 Å². The summed E-state index contributed by atoms with van der Waals surface area (Å²) < 4.78 is 9.89. The van der Waals surface area contributed by atoms with E-state index in [-0.39, 0.29) is 0 Å². The lowest BCUT2D eigenvalue weighted by atomic mass is 10.8. The van der Waals surface area contributed by atoms with Gasteiger partial charge in [0.25, 0.3) is 0 Å². The molecule has 0 amide bonds. The maximum atomic E-state index is 9.89. The van der Waals surface area contributed by atoms with E-state index in [4.69, 9.17) is 11.2 Å². The maximum absolute atomic E-state index is 9.89. The van der Waals surface area contributed by atoms with E-state index < -0.39 is 7.95 Å². The molecule has 0 aromatic carbocycles. The third-order valence-corrected chi connectivity index (χ3v) is 1.05. The van der Waals surface area contributed by atoms with Crippen molar-refractivity contribution in [2.75, 3.05) is 12.7 Å². The van der Waals surface area contributed by atoms with E-state index in [1.807, 2.05) is 0 Å². The van der Waals surface area contributed by atoms with E-state index in [1.54, 1.807) is 0 Å². The molecule has 1 unspecified atom stereocenters. The fraction of sp³-hybridized carbons (Fsp3) is 1.00. The van der Waals surface area contributed by atoms with Crippen molar-refractivity contribution in [3.05, 3.63) is 0 Å². The lowest BCUT2D eigenvalue weighted by molar-refractivity contribution is 0.588. The monoisotopic (exact) mass is 107 g/mol. The van der Waals surface area contributed by atoms with E-state index in [1.165, 1.54) is 0 Å². The summed E-state index contributed by atoms with van der Waals surface area (Å²) in [4.78, 5) is 0. The van der Waals surface area contributed by atoms with E-state index >= 15 is 0 Å². The molecule has 6 heavy (non-hydrogen) atoms. The SMILES string of the molecule is NCC[P+](N)=O. The van der Waals surface area contributed by atoms with E-state index in [2.05, 4.69) is 0 Å². The van der Waals surface area contributed by atoms with E-state index in [0.717, 1.165) is 0 Å². The Kier molecular flexibility index (Phi) is 3.23. The van der Waals surface area contributed by atoms with Gasteiger partial charge < -0.3 is 5.73 Å². The van der Waals surface area contributed by atoms with Gasteiger partial charge in [0.2, 0.25) is 0 Å². The molecule has 0 spiro atoms. The van der Waals surface area contributed by atoms with Crippen LogP contribution in [0.4, 0.5) is 0 Å². The lowest BCUT2D eigenvalue weighted by Gasteiger charge is -1.69. The Balaban J connectivity index is 2.83. The Morgan fingerprint density at radius 1 is 1.67 bits per heavy atom. The van der Waals surface area contributed by atoms with Gasteiger partial charge in [0.1, 0.15) is 0 Å². The second-order valence-corrected chi connectivity index (χ2v) is 2.21. The molecule has 1 atom stereocenters. The van der Waals surface area contributed by atoms with Crippen LogP contribution in [0.25, 0.3) is 0 Å². The average Bonchev–Trinajstić information content (AvgIpc) is 1.35. The van der Waals surface area contributed by atoms with Gasteiger partial charge in [-0.2, -0.15) is 0 Å². The van der Waals surface area contributed by atoms with Crippen LogP contribution in [-0.2, 0) is 4.57 Å². The molecule has 0 fully saturated rings. The van der Waals surface area contributed by atoms with Crippen molar-refractivity contribution in [3.8, 4) is 0 Å². The molecule has 0 aromatic rings. The maximum Gasteiger partial charge on any atom is 0.430 e. The first-order chi connectivity index (χ1) is 2.77. The van der Waals surface area contributed by atoms with Gasteiger partial charge in [-0.3, -0.25) is 0 Å². The number of nitrogens with two attached hydrogens (primary N) is 2. The number of hydrogen-bond donors (Lipinski definition) is 2. The molecule has 0 saturated heterocycles. The summed E-state index contributed by atoms with van der Waals surface area (Å²) in [6.07, 6.45) is 0.440. The highest BCUT2D eigenvalue weighted by Gasteiger charge is 2.00. The van der Waals surface area contributed by atoms with Gasteiger partial charge in [-0.1, -0.05) is 4.57 Å². The van der Waals surface area contributed by atoms with Crippen LogP contribution < -0.4 is 11.2 Å². The molecule has 3 nitrogen and oxygen atoms in total. The van der Waals surface area contributed by atoms with Gasteiger partial charge in [-0.05, 0) is 0 Å². The topological polar surface area (TPSA) is 69.1 Å². The van der Waals surface area contributed by atoms with Crippen molar-refractivity contribution >= 4 is 7.95 Å². The molecule has 4 heteroatoms. The molecule has 0 saturated carbocycles. The first kappa shape index (κ1) is 6.02. The minimum Gasteiger partial charge on any atom is -0.327 e. The quantitative estimate of drug-likeness (QED) is 0.473. The van der Waals surface area contributed by atoms with Gasteiger partial charge >= 0.3 is 7.95 Å². The summed E-state index contributed by atoms with van der Waals surface area (Å²) in [6.45, 7) is 0.422. The summed E-state index contributed by atoms with van der Waals surface area (Å²) in [5.41, 5.74) is 9.80. The van der Waals surface area contributed by atoms with Crippen molar-refractivity contribution < 1.29 is 4.57 Å². The minimum atomic E-state index is -1.48. The Morgan fingerprint density at radius 2 is 2.17 bits per heavy atom. The predicted molar refractivity (Wildman–Crippen MR) is 25.7 cm³/mol. The van der Waals surface area contributed by atoms with Crippen LogP contribution in [0.3, 0.4) is 0 Å². The van der Waals surface area contributed by atoms with Gasteiger partial charge in [-0.15, -0.1) is 5.50 Å². The number of hydrogen-bond acceptors (Lipinski definition) is 2. The summed E-state index contributed by atoms with van der Waals surface area (Å²) in [5, 5.41) is 0.